The van der Waals surface area contributed by atoms with Gasteiger partial charge in [0.1, 0.15) is 5.75 Å². The molecule has 0 fully saturated rings. The van der Waals surface area contributed by atoms with Crippen molar-refractivity contribution < 1.29 is 4.74 Å². The topological polar surface area (TPSA) is 112 Å². The van der Waals surface area contributed by atoms with Crippen LogP contribution in [0.2, 0.25) is 0 Å². The molecule has 0 radical (unpaired) electrons. The van der Waals surface area contributed by atoms with E-state index in [1.165, 1.54) is 4.57 Å². The van der Waals surface area contributed by atoms with Gasteiger partial charge in [0.05, 0.1) is 18.8 Å². The van der Waals surface area contributed by atoms with Crippen LogP contribution in [-0.4, -0.2) is 28.4 Å². The Morgan fingerprint density at radius 2 is 2.14 bits per heavy atom. The second-order valence-electron chi connectivity index (χ2n) is 4.79. The summed E-state index contributed by atoms with van der Waals surface area (Å²) in [6.45, 7) is 0.632. The summed E-state index contributed by atoms with van der Waals surface area (Å²) in [5.41, 5.74) is 11.9. The smallest absolute Gasteiger partial charge is 0.348 e. The van der Waals surface area contributed by atoms with Gasteiger partial charge < -0.3 is 16.2 Å². The lowest BCUT2D eigenvalue weighted by Gasteiger charge is -2.14. The van der Waals surface area contributed by atoms with Crippen LogP contribution in [0.4, 0.5) is 0 Å². The highest BCUT2D eigenvalue weighted by atomic mass is 16.5. The summed E-state index contributed by atoms with van der Waals surface area (Å²) in [4.78, 5) is 12.1. The average molecular weight is 291 g/mol. The van der Waals surface area contributed by atoms with Crippen molar-refractivity contribution in [2.45, 2.75) is 25.3 Å². The van der Waals surface area contributed by atoms with E-state index in [0.717, 1.165) is 19.3 Å². The largest absolute Gasteiger partial charge is 0.495 e. The van der Waals surface area contributed by atoms with Crippen LogP contribution >= 0.6 is 0 Å². The minimum atomic E-state index is -0.333. The van der Waals surface area contributed by atoms with E-state index >= 15 is 0 Å². The van der Waals surface area contributed by atoms with Crippen LogP contribution in [0.5, 0.6) is 5.75 Å². The van der Waals surface area contributed by atoms with Gasteiger partial charge >= 0.3 is 5.69 Å². The fourth-order valence-electron chi connectivity index (χ4n) is 2.24. The molecule has 0 saturated heterocycles. The molecule has 1 heterocycles. The van der Waals surface area contributed by atoms with Gasteiger partial charge in [-0.15, -0.1) is 0 Å². The number of H-pyrrole nitrogens is 1. The van der Waals surface area contributed by atoms with E-state index in [0.29, 0.717) is 23.8 Å². The van der Waals surface area contributed by atoms with Crippen molar-refractivity contribution in [2.24, 2.45) is 11.5 Å². The first kappa shape index (κ1) is 15.3. The third-order valence-corrected chi connectivity index (χ3v) is 3.33. The van der Waals surface area contributed by atoms with Crippen molar-refractivity contribution in [3.63, 3.8) is 0 Å². The van der Waals surface area contributed by atoms with E-state index in [1.54, 1.807) is 19.2 Å². The number of nitrogens with two attached hydrogens (primary N) is 2. The molecular weight excluding hydrogens is 270 g/mol. The molecule has 0 saturated carbocycles. The number of nitrogens with zero attached hydrogens (tertiary/aromatic N) is 2. The standard InChI is InChI=1S/C14H21N5O2/c1-21-12-8-3-2-7-11(12)19-13(17-18-14(19)20)10(16)6-4-5-9-15/h2-3,7-8,10H,4-6,9,15-16H2,1H3,(H,18,20)/t10-/m0/s1. The van der Waals surface area contributed by atoms with E-state index < -0.39 is 0 Å². The lowest BCUT2D eigenvalue weighted by atomic mass is 10.1. The second-order valence-corrected chi connectivity index (χ2v) is 4.79. The number of hydrogen-bond acceptors (Lipinski definition) is 5. The number of para-hydroxylation sites is 2. The van der Waals surface area contributed by atoms with Crippen LogP contribution in [0, 0.1) is 0 Å². The molecule has 0 amide bonds. The molecular formula is C14H21N5O2. The molecule has 114 valence electrons. The summed E-state index contributed by atoms with van der Waals surface area (Å²) in [7, 11) is 1.56. The van der Waals surface area contributed by atoms with Crippen molar-refractivity contribution >= 4 is 0 Å². The van der Waals surface area contributed by atoms with Gasteiger partial charge in [-0.1, -0.05) is 18.6 Å². The summed E-state index contributed by atoms with van der Waals surface area (Å²) in [5.74, 6) is 1.10. The minimum absolute atomic E-state index is 0.330. The lowest BCUT2D eigenvalue weighted by Crippen LogP contribution is -2.22. The van der Waals surface area contributed by atoms with Crippen molar-refractivity contribution in [3.05, 3.63) is 40.6 Å². The SMILES string of the molecule is COc1ccccc1-n1c([C@@H](N)CCCCN)n[nH]c1=O. The molecule has 0 unspecified atom stereocenters. The van der Waals surface area contributed by atoms with E-state index in [4.69, 9.17) is 16.2 Å². The Kier molecular flexibility index (Phi) is 5.13. The van der Waals surface area contributed by atoms with Crippen molar-refractivity contribution in [1.29, 1.82) is 0 Å². The van der Waals surface area contributed by atoms with Gasteiger partial charge in [-0.3, -0.25) is 0 Å². The Morgan fingerprint density at radius 3 is 2.86 bits per heavy atom. The highest BCUT2D eigenvalue weighted by Crippen LogP contribution is 2.24. The summed E-state index contributed by atoms with van der Waals surface area (Å²) >= 11 is 0. The van der Waals surface area contributed by atoms with Gasteiger partial charge in [0.2, 0.25) is 0 Å². The summed E-state index contributed by atoms with van der Waals surface area (Å²) < 4.78 is 6.76. The molecule has 7 nitrogen and oxygen atoms in total. The summed E-state index contributed by atoms with van der Waals surface area (Å²) in [6.07, 6.45) is 2.51. The Bertz CT molecular complexity index is 634. The number of benzene rings is 1. The number of aromatic nitrogens is 3. The molecule has 1 atom stereocenters. The first-order valence-corrected chi connectivity index (χ1v) is 6.95. The van der Waals surface area contributed by atoms with Crippen LogP contribution in [-0.2, 0) is 0 Å². The van der Waals surface area contributed by atoms with Gasteiger partial charge in [0.25, 0.3) is 0 Å². The Morgan fingerprint density at radius 1 is 1.38 bits per heavy atom. The fraction of sp³-hybridized carbons (Fsp3) is 0.429. The number of aromatic amines is 1. The van der Waals surface area contributed by atoms with Gasteiger partial charge in [-0.2, -0.15) is 5.10 Å². The Balaban J connectivity index is 2.36. The van der Waals surface area contributed by atoms with Crippen LogP contribution in [0.1, 0.15) is 31.1 Å². The Hall–Kier alpha value is -2.12. The number of ether oxygens (including phenoxy) is 1. The zero-order chi connectivity index (χ0) is 15.2. The molecule has 0 aliphatic rings. The van der Waals surface area contributed by atoms with Crippen molar-refractivity contribution in [2.75, 3.05) is 13.7 Å². The zero-order valence-electron chi connectivity index (χ0n) is 12.1. The first-order valence-electron chi connectivity index (χ1n) is 6.95. The summed E-state index contributed by atoms with van der Waals surface area (Å²) in [5, 5.41) is 6.52. The molecule has 21 heavy (non-hydrogen) atoms. The van der Waals surface area contributed by atoms with Crippen molar-refractivity contribution in [1.82, 2.24) is 14.8 Å². The number of methoxy groups -OCH3 is 1. The second kappa shape index (κ2) is 7.05. The van der Waals surface area contributed by atoms with Gasteiger partial charge in [0, 0.05) is 0 Å². The minimum Gasteiger partial charge on any atom is -0.495 e. The Labute approximate surface area is 122 Å². The number of hydrogen-bond donors (Lipinski definition) is 3. The maximum absolute atomic E-state index is 12.1. The van der Waals surface area contributed by atoms with Crippen LogP contribution < -0.4 is 21.9 Å². The monoisotopic (exact) mass is 291 g/mol. The predicted molar refractivity (Wildman–Crippen MR) is 80.6 cm³/mol. The maximum atomic E-state index is 12.1. The highest BCUT2D eigenvalue weighted by Gasteiger charge is 2.19. The van der Waals surface area contributed by atoms with Crippen molar-refractivity contribution in [3.8, 4) is 11.4 Å². The van der Waals surface area contributed by atoms with Gasteiger partial charge in [-0.25, -0.2) is 14.5 Å². The molecule has 0 bridgehead atoms. The van der Waals surface area contributed by atoms with Gasteiger partial charge in [0.15, 0.2) is 5.82 Å². The first-order chi connectivity index (χ1) is 10.2. The van der Waals surface area contributed by atoms with E-state index in [2.05, 4.69) is 10.2 Å². The average Bonchev–Trinajstić information content (AvgIpc) is 2.89. The lowest BCUT2D eigenvalue weighted by molar-refractivity contribution is 0.411. The van der Waals surface area contributed by atoms with Crippen LogP contribution in [0.25, 0.3) is 5.69 Å². The quantitative estimate of drug-likeness (QED) is 0.650. The van der Waals surface area contributed by atoms with Gasteiger partial charge in [-0.05, 0) is 31.5 Å². The molecule has 5 N–H and O–H groups in total. The van der Waals surface area contributed by atoms with E-state index in [-0.39, 0.29) is 11.7 Å². The van der Waals surface area contributed by atoms with Crippen LogP contribution in [0.3, 0.4) is 0 Å². The molecule has 0 aliphatic carbocycles. The molecule has 1 aromatic heterocycles. The summed E-state index contributed by atoms with van der Waals surface area (Å²) in [6, 6.07) is 6.93. The highest BCUT2D eigenvalue weighted by molar-refractivity contribution is 5.47. The zero-order valence-corrected chi connectivity index (χ0v) is 12.1. The molecule has 7 heteroatoms. The van der Waals surface area contributed by atoms with Crippen LogP contribution in [0.15, 0.2) is 29.1 Å². The molecule has 2 rings (SSSR count). The van der Waals surface area contributed by atoms with E-state index in [9.17, 15) is 4.79 Å². The fourth-order valence-corrected chi connectivity index (χ4v) is 2.24. The predicted octanol–water partition coefficient (Wildman–Crippen LogP) is 0.698. The third-order valence-electron chi connectivity index (χ3n) is 3.33. The molecule has 2 aromatic rings. The van der Waals surface area contributed by atoms with E-state index in [1.807, 2.05) is 12.1 Å². The maximum Gasteiger partial charge on any atom is 0.348 e. The number of unbranched alkanes of at least 4 members (excludes halogenated alkanes) is 1. The number of rotatable bonds is 7. The number of nitrogens with one attached hydrogen (secondary N) is 1. The normalized spacial score (nSPS) is 12.3. The molecule has 0 aliphatic heterocycles. The third kappa shape index (κ3) is 3.32. The molecule has 1 aromatic carbocycles. The molecule has 0 spiro atoms.